The van der Waals surface area contributed by atoms with Crippen molar-refractivity contribution in [3.05, 3.63) is 58.9 Å². The molecule has 47 heavy (non-hydrogen) atoms. The maximum absolute atomic E-state index is 15.0. The summed E-state index contributed by atoms with van der Waals surface area (Å²) in [6.07, 6.45) is 3.71. The molecule has 0 saturated carbocycles. The molecule has 3 fully saturated rings. The van der Waals surface area contributed by atoms with Crippen LogP contribution in [0.1, 0.15) is 72.2 Å². The Hall–Kier alpha value is -4.23. The lowest BCUT2D eigenvalue weighted by Crippen LogP contribution is -2.54. The van der Waals surface area contributed by atoms with Crippen molar-refractivity contribution < 1.29 is 28.4 Å². The Morgan fingerprint density at radius 2 is 1.60 bits per heavy atom. The maximum Gasteiger partial charge on any atom is 0.262 e. The summed E-state index contributed by atoms with van der Waals surface area (Å²) in [4.78, 5) is 71.5. The second kappa shape index (κ2) is 12.8. The van der Waals surface area contributed by atoms with E-state index in [9.17, 15) is 28.4 Å². The highest BCUT2D eigenvalue weighted by molar-refractivity contribution is 7.80. The van der Waals surface area contributed by atoms with E-state index in [4.69, 9.17) is 12.2 Å². The minimum atomic E-state index is -0.964. The number of piperidine rings is 1. The maximum atomic E-state index is 15.0. The number of halogens is 1. The average Bonchev–Trinajstić information content (AvgIpc) is 3.41. The van der Waals surface area contributed by atoms with E-state index < -0.39 is 29.3 Å². The molecule has 11 nitrogen and oxygen atoms in total. The third kappa shape index (κ3) is 6.02. The number of amides is 5. The van der Waals surface area contributed by atoms with Gasteiger partial charge in [0.25, 0.3) is 23.6 Å². The van der Waals surface area contributed by atoms with Gasteiger partial charge < -0.3 is 15.1 Å². The number of fused-ring (bicyclic) bond motifs is 1. The molecule has 0 aliphatic carbocycles. The molecule has 4 aliphatic heterocycles. The predicted octanol–water partition coefficient (Wildman–Crippen LogP) is 3.10. The van der Waals surface area contributed by atoms with Gasteiger partial charge in [-0.05, 0) is 94.2 Å². The number of aryl methyl sites for hydroxylation is 1. The van der Waals surface area contributed by atoms with Gasteiger partial charge in [-0.25, -0.2) is 4.39 Å². The summed E-state index contributed by atoms with van der Waals surface area (Å²) >= 11 is 5.29. The lowest BCUT2D eigenvalue weighted by Gasteiger charge is -2.36. The zero-order valence-electron chi connectivity index (χ0n) is 26.9. The number of nitrogens with zero attached hydrogens (tertiary/aromatic N) is 5. The molecule has 0 spiro atoms. The number of benzene rings is 2. The van der Waals surface area contributed by atoms with E-state index in [1.807, 2.05) is 12.1 Å². The molecule has 1 atom stereocenters. The minimum absolute atomic E-state index is 0.110. The zero-order chi connectivity index (χ0) is 33.6. The summed E-state index contributed by atoms with van der Waals surface area (Å²) in [7, 11) is 1.38. The van der Waals surface area contributed by atoms with Gasteiger partial charge in [0.1, 0.15) is 17.4 Å². The number of carbonyl (C=O) groups is 5. The molecule has 1 N–H and O–H groups in total. The number of piperazine rings is 1. The van der Waals surface area contributed by atoms with Gasteiger partial charge in [-0.1, -0.05) is 12.5 Å². The quantitative estimate of drug-likeness (QED) is 0.246. The molecule has 4 heterocycles. The summed E-state index contributed by atoms with van der Waals surface area (Å²) < 4.78 is 15.0. The van der Waals surface area contributed by atoms with Crippen molar-refractivity contribution in [3.63, 3.8) is 0 Å². The number of rotatable bonds is 9. The molecular weight excluding hydrogens is 623 g/mol. The van der Waals surface area contributed by atoms with E-state index in [1.54, 1.807) is 36.9 Å². The third-order valence-electron chi connectivity index (χ3n) is 9.83. The van der Waals surface area contributed by atoms with Gasteiger partial charge in [0, 0.05) is 51.0 Å². The molecule has 2 aromatic rings. The van der Waals surface area contributed by atoms with Crippen LogP contribution in [0.5, 0.6) is 0 Å². The van der Waals surface area contributed by atoms with Crippen LogP contribution in [0.3, 0.4) is 0 Å². The van der Waals surface area contributed by atoms with Gasteiger partial charge in [0.2, 0.25) is 5.91 Å². The van der Waals surface area contributed by atoms with Crippen LogP contribution in [-0.2, 0) is 20.8 Å². The molecule has 0 bridgehead atoms. The third-order valence-corrected chi connectivity index (χ3v) is 10.1. The van der Waals surface area contributed by atoms with Crippen LogP contribution in [-0.4, -0.2) is 101 Å². The molecule has 2 aromatic carbocycles. The number of hydrogen-bond donors (Lipinski definition) is 1. The fraction of sp³-hybridized carbons (Fsp3) is 0.471. The lowest BCUT2D eigenvalue weighted by molar-refractivity contribution is -0.149. The first kappa shape index (κ1) is 32.7. The summed E-state index contributed by atoms with van der Waals surface area (Å²) in [5, 5.41) is 2.93. The molecule has 0 radical (unpaired) electrons. The number of hydrogen-bond acceptors (Lipinski definition) is 8. The average molecular weight is 663 g/mol. The van der Waals surface area contributed by atoms with Crippen molar-refractivity contribution >= 4 is 58.2 Å². The van der Waals surface area contributed by atoms with E-state index in [1.165, 1.54) is 13.1 Å². The van der Waals surface area contributed by atoms with Crippen LogP contribution in [0.25, 0.3) is 0 Å². The standard InChI is InChI=1S/C34H39FN6O5S/c1-34(2)32(46)36-33(47)41(34)23-9-8-21(26(35)20-23)7-5-4-6-14-38-15-17-39(18-16-38)22-10-11-24-25(19-22)30(44)40(29(24)43)27-12-13-28(42)37(3)31(27)45/h8-11,19-20,27H,4-7,12-18H2,1-3H3,(H,36,46,47). The van der Waals surface area contributed by atoms with E-state index in [0.29, 0.717) is 23.2 Å². The molecule has 0 aromatic heterocycles. The van der Waals surface area contributed by atoms with Gasteiger partial charge in [0.05, 0.1) is 11.1 Å². The van der Waals surface area contributed by atoms with Crippen molar-refractivity contribution in [2.45, 2.75) is 64.0 Å². The SMILES string of the molecule is CN1C(=O)CCC(N2C(=O)c3ccc(N4CCN(CCCCCc5ccc(N6C(=S)NC(=O)C6(C)C)cc5F)CC4)cc3C2=O)C1=O. The number of thiocarbonyl (C=S) groups is 1. The number of carbonyl (C=O) groups excluding carboxylic acids is 5. The smallest absolute Gasteiger partial charge is 0.262 e. The Balaban J connectivity index is 0.958. The van der Waals surface area contributed by atoms with E-state index >= 15 is 0 Å². The first-order valence-corrected chi connectivity index (χ1v) is 16.5. The van der Waals surface area contributed by atoms with Crippen LogP contribution in [0.2, 0.25) is 0 Å². The summed E-state index contributed by atoms with van der Waals surface area (Å²) in [6, 6.07) is 9.34. The van der Waals surface area contributed by atoms with Crippen LogP contribution in [0, 0.1) is 5.82 Å². The monoisotopic (exact) mass is 662 g/mol. The number of likely N-dealkylation sites (N-methyl/N-ethyl adjacent to an activating group) is 1. The number of anilines is 2. The molecule has 1 unspecified atom stereocenters. The molecule has 3 saturated heterocycles. The van der Waals surface area contributed by atoms with Gasteiger partial charge in [0.15, 0.2) is 5.11 Å². The van der Waals surface area contributed by atoms with E-state index in [0.717, 1.165) is 67.5 Å². The Morgan fingerprint density at radius 3 is 2.28 bits per heavy atom. The molecular formula is C34H39FN6O5S. The highest BCUT2D eigenvalue weighted by Gasteiger charge is 2.47. The molecule has 5 amide bonds. The first-order chi connectivity index (χ1) is 22.4. The van der Waals surface area contributed by atoms with Crippen LogP contribution in [0.15, 0.2) is 36.4 Å². The topological polar surface area (TPSA) is 114 Å². The largest absolute Gasteiger partial charge is 0.369 e. The Bertz CT molecular complexity index is 1670. The van der Waals surface area contributed by atoms with Crippen molar-refractivity contribution in [2.75, 3.05) is 49.6 Å². The summed E-state index contributed by atoms with van der Waals surface area (Å²) in [5.41, 5.74) is 1.77. The van der Waals surface area contributed by atoms with Crippen molar-refractivity contribution in [1.82, 2.24) is 20.0 Å². The highest BCUT2D eigenvalue weighted by atomic mass is 32.1. The van der Waals surface area contributed by atoms with E-state index in [2.05, 4.69) is 15.1 Å². The van der Waals surface area contributed by atoms with E-state index in [-0.39, 0.29) is 41.1 Å². The Kier molecular flexibility index (Phi) is 8.88. The fourth-order valence-electron chi connectivity index (χ4n) is 6.90. The second-order valence-corrected chi connectivity index (χ2v) is 13.5. The summed E-state index contributed by atoms with van der Waals surface area (Å²) in [6.45, 7) is 7.71. The van der Waals surface area contributed by atoms with Gasteiger partial charge in [-0.3, -0.25) is 38.7 Å². The molecule has 4 aliphatic rings. The Labute approximate surface area is 278 Å². The Morgan fingerprint density at radius 1 is 0.894 bits per heavy atom. The zero-order valence-corrected chi connectivity index (χ0v) is 27.7. The second-order valence-electron chi connectivity index (χ2n) is 13.1. The lowest BCUT2D eigenvalue weighted by atomic mass is 10.0. The predicted molar refractivity (Wildman–Crippen MR) is 178 cm³/mol. The summed E-state index contributed by atoms with van der Waals surface area (Å²) in [5.74, 6) is -2.33. The van der Waals surface area contributed by atoms with Gasteiger partial charge in [-0.2, -0.15) is 0 Å². The van der Waals surface area contributed by atoms with Crippen LogP contribution in [0.4, 0.5) is 15.8 Å². The van der Waals surface area contributed by atoms with Crippen molar-refractivity contribution in [1.29, 1.82) is 0 Å². The molecule has 13 heteroatoms. The van der Waals surface area contributed by atoms with Crippen molar-refractivity contribution in [3.8, 4) is 0 Å². The minimum Gasteiger partial charge on any atom is -0.369 e. The normalized spacial score (nSPS) is 21.7. The van der Waals surface area contributed by atoms with Gasteiger partial charge >= 0.3 is 0 Å². The number of nitrogens with one attached hydrogen (secondary N) is 1. The van der Waals surface area contributed by atoms with Crippen molar-refractivity contribution in [2.24, 2.45) is 0 Å². The fourth-order valence-corrected chi connectivity index (χ4v) is 7.33. The van der Waals surface area contributed by atoms with Gasteiger partial charge in [-0.15, -0.1) is 0 Å². The van der Waals surface area contributed by atoms with Crippen LogP contribution >= 0.6 is 12.2 Å². The number of unbranched alkanes of at least 4 members (excludes halogenated alkanes) is 2. The first-order valence-electron chi connectivity index (χ1n) is 16.1. The molecule has 6 rings (SSSR count). The number of likely N-dealkylation sites (tertiary alicyclic amines) is 1. The highest BCUT2D eigenvalue weighted by Crippen LogP contribution is 2.33. The van der Waals surface area contributed by atoms with Crippen LogP contribution < -0.4 is 15.1 Å². The molecule has 248 valence electrons. The number of imide groups is 2.